The number of fused-ring (bicyclic) bond motifs is 1. The van der Waals surface area contributed by atoms with Crippen LogP contribution in [0, 0.1) is 5.82 Å². The Balaban J connectivity index is 1.81. The van der Waals surface area contributed by atoms with Crippen molar-refractivity contribution in [2.75, 3.05) is 5.32 Å². The van der Waals surface area contributed by atoms with E-state index in [-0.39, 0.29) is 17.5 Å². The molecule has 0 radical (unpaired) electrons. The topological polar surface area (TPSA) is 71.5 Å². The van der Waals surface area contributed by atoms with Gasteiger partial charge in [0.25, 0.3) is 11.8 Å². The predicted molar refractivity (Wildman–Crippen MR) is 142 cm³/mol. The maximum Gasteiger partial charge on any atom is 0.255 e. The molecule has 10 heteroatoms. The smallest absolute Gasteiger partial charge is 0.255 e. The summed E-state index contributed by atoms with van der Waals surface area (Å²) in [5.41, 5.74) is 1.62. The lowest BCUT2D eigenvalue weighted by Gasteiger charge is -2.38. The Hall–Kier alpha value is -2.56. The number of amides is 2. The molecule has 2 aromatic carbocycles. The number of rotatable bonds is 6. The monoisotopic (exact) mass is 575 g/mol. The molecule has 2 heterocycles. The van der Waals surface area contributed by atoms with Gasteiger partial charge in [0.2, 0.25) is 8.32 Å². The molecule has 0 aliphatic carbocycles. The highest BCUT2D eigenvalue weighted by atomic mass is 79.9. The van der Waals surface area contributed by atoms with Gasteiger partial charge in [-0.25, -0.2) is 9.37 Å². The molecule has 1 aromatic heterocycles. The first-order valence-corrected chi connectivity index (χ1v) is 15.7. The van der Waals surface area contributed by atoms with Crippen LogP contribution >= 0.6 is 27.3 Å². The lowest BCUT2D eigenvalue weighted by molar-refractivity contribution is -0.120. The number of nitrogens with one attached hydrogen (secondary N) is 1. The van der Waals surface area contributed by atoms with Crippen molar-refractivity contribution in [1.29, 1.82) is 0 Å². The zero-order chi connectivity index (χ0) is 25.5. The van der Waals surface area contributed by atoms with Gasteiger partial charge in [-0.15, -0.1) is 11.3 Å². The molecule has 4 rings (SSSR count). The van der Waals surface area contributed by atoms with Gasteiger partial charge in [0.15, 0.2) is 5.13 Å². The SMILES string of the molecule is CC(C)(C)[Si](C)(C)Oc1ccc(F)cc1C(C(=O)Nc1nccs1)N1Cc2ccc(Br)cc2C1=O. The van der Waals surface area contributed by atoms with Crippen molar-refractivity contribution in [2.24, 2.45) is 0 Å². The number of aromatic nitrogens is 1. The zero-order valence-electron chi connectivity index (χ0n) is 20.2. The third kappa shape index (κ3) is 5.19. The van der Waals surface area contributed by atoms with E-state index < -0.39 is 26.1 Å². The molecule has 0 bridgehead atoms. The summed E-state index contributed by atoms with van der Waals surface area (Å²) in [6.45, 7) is 10.7. The van der Waals surface area contributed by atoms with Gasteiger partial charge in [-0.05, 0) is 54.0 Å². The number of halogens is 2. The van der Waals surface area contributed by atoms with E-state index in [9.17, 15) is 14.0 Å². The van der Waals surface area contributed by atoms with E-state index in [1.807, 2.05) is 12.1 Å². The second-order valence-electron chi connectivity index (χ2n) is 10.0. The van der Waals surface area contributed by atoms with Crippen molar-refractivity contribution in [3.8, 4) is 5.75 Å². The van der Waals surface area contributed by atoms with Gasteiger partial charge in [-0.2, -0.15) is 0 Å². The minimum Gasteiger partial charge on any atom is -0.543 e. The Morgan fingerprint density at radius 2 is 2.00 bits per heavy atom. The summed E-state index contributed by atoms with van der Waals surface area (Å²) in [6.07, 6.45) is 1.58. The number of hydrogen-bond donors (Lipinski definition) is 1. The Labute approximate surface area is 217 Å². The molecular formula is C25H27BrFN3O3SSi. The summed E-state index contributed by atoms with van der Waals surface area (Å²) in [5.74, 6) is -0.891. The highest BCUT2D eigenvalue weighted by Crippen LogP contribution is 2.42. The van der Waals surface area contributed by atoms with Gasteiger partial charge in [0.05, 0.1) is 0 Å². The lowest BCUT2D eigenvalue weighted by atomic mass is 10.0. The molecule has 1 aliphatic heterocycles. The first-order chi connectivity index (χ1) is 16.4. The van der Waals surface area contributed by atoms with Crippen LogP contribution < -0.4 is 9.74 Å². The van der Waals surface area contributed by atoms with Crippen LogP contribution in [0.15, 0.2) is 52.4 Å². The molecule has 2 amide bonds. The Morgan fingerprint density at radius 3 is 2.66 bits per heavy atom. The summed E-state index contributed by atoms with van der Waals surface area (Å²) < 4.78 is 21.9. The third-order valence-corrected chi connectivity index (χ3v) is 12.1. The molecule has 6 nitrogen and oxygen atoms in total. The first kappa shape index (κ1) is 25.5. The number of benzene rings is 2. The second kappa shape index (κ2) is 9.48. The van der Waals surface area contributed by atoms with Crippen molar-refractivity contribution in [3.05, 3.63) is 75.0 Å². The van der Waals surface area contributed by atoms with E-state index in [0.29, 0.717) is 22.0 Å². The predicted octanol–water partition coefficient (Wildman–Crippen LogP) is 6.76. The largest absolute Gasteiger partial charge is 0.543 e. The van der Waals surface area contributed by atoms with Gasteiger partial charge in [0, 0.05) is 33.7 Å². The molecule has 1 aliphatic rings. The van der Waals surface area contributed by atoms with Crippen molar-refractivity contribution in [2.45, 2.75) is 51.5 Å². The Bertz CT molecular complexity index is 1280. The van der Waals surface area contributed by atoms with Crippen LogP contribution in [0.5, 0.6) is 5.75 Å². The molecule has 1 unspecified atom stereocenters. The zero-order valence-corrected chi connectivity index (χ0v) is 23.6. The molecule has 1 atom stereocenters. The van der Waals surface area contributed by atoms with Gasteiger partial charge >= 0.3 is 0 Å². The fourth-order valence-corrected chi connectivity index (χ4v) is 5.60. The minimum absolute atomic E-state index is 0.122. The van der Waals surface area contributed by atoms with Crippen LogP contribution in [0.1, 0.15) is 48.3 Å². The molecule has 184 valence electrons. The molecule has 0 saturated heterocycles. The highest BCUT2D eigenvalue weighted by Gasteiger charge is 2.43. The van der Waals surface area contributed by atoms with E-state index in [1.54, 1.807) is 23.7 Å². The summed E-state index contributed by atoms with van der Waals surface area (Å²) in [5, 5.41) is 4.81. The van der Waals surface area contributed by atoms with Gasteiger partial charge < -0.3 is 9.33 Å². The number of anilines is 1. The third-order valence-electron chi connectivity index (χ3n) is 6.56. The fraction of sp³-hybridized carbons (Fsp3) is 0.320. The van der Waals surface area contributed by atoms with E-state index in [2.05, 4.69) is 60.1 Å². The molecule has 3 aromatic rings. The van der Waals surface area contributed by atoms with Crippen molar-refractivity contribution in [1.82, 2.24) is 9.88 Å². The molecule has 0 saturated carbocycles. The van der Waals surface area contributed by atoms with Gasteiger partial charge in [-0.3, -0.25) is 14.9 Å². The summed E-state index contributed by atoms with van der Waals surface area (Å²) in [4.78, 5) is 32.8. The number of carbonyl (C=O) groups excluding carboxylic acids is 2. The second-order valence-corrected chi connectivity index (χ2v) is 16.5. The quantitative estimate of drug-likeness (QED) is 0.329. The standard InChI is InChI=1S/C25H27BrFN3O3SSi/c1-25(2,3)35(4,5)33-20-9-8-17(27)13-19(20)21(22(31)29-24-28-10-11-34-24)30-14-15-6-7-16(26)12-18(15)23(30)32/h6-13,21H,14H2,1-5H3,(H,28,29,31). The maximum atomic E-state index is 14.6. The molecule has 0 spiro atoms. The van der Waals surface area contributed by atoms with Crippen molar-refractivity contribution < 1.29 is 18.4 Å². The fourth-order valence-electron chi connectivity index (χ4n) is 3.67. The number of thiazole rings is 1. The van der Waals surface area contributed by atoms with Crippen molar-refractivity contribution >= 4 is 52.5 Å². The molecular weight excluding hydrogens is 549 g/mol. The van der Waals surface area contributed by atoms with Crippen LogP contribution in [0.3, 0.4) is 0 Å². The Kier molecular flexibility index (Phi) is 6.91. The van der Waals surface area contributed by atoms with Crippen molar-refractivity contribution in [3.63, 3.8) is 0 Å². The van der Waals surface area contributed by atoms with Gasteiger partial charge in [0.1, 0.15) is 17.6 Å². The maximum absolute atomic E-state index is 14.6. The summed E-state index contributed by atoms with van der Waals surface area (Å²) in [7, 11) is -2.34. The molecule has 0 fully saturated rings. The number of nitrogens with zero attached hydrogens (tertiary/aromatic N) is 2. The van der Waals surface area contributed by atoms with Crippen LogP contribution in [0.2, 0.25) is 18.1 Å². The first-order valence-electron chi connectivity index (χ1n) is 11.2. The number of hydrogen-bond acceptors (Lipinski definition) is 5. The van der Waals surface area contributed by atoms with Crippen LogP contribution in [0.25, 0.3) is 0 Å². The summed E-state index contributed by atoms with van der Waals surface area (Å²) in [6, 6.07) is 8.50. The van der Waals surface area contributed by atoms with E-state index in [1.165, 1.54) is 28.4 Å². The van der Waals surface area contributed by atoms with Crippen LogP contribution in [-0.2, 0) is 11.3 Å². The van der Waals surface area contributed by atoms with Gasteiger partial charge in [-0.1, -0.05) is 42.8 Å². The summed E-state index contributed by atoms with van der Waals surface area (Å²) >= 11 is 4.68. The van der Waals surface area contributed by atoms with Crippen LogP contribution in [0.4, 0.5) is 9.52 Å². The highest BCUT2D eigenvalue weighted by molar-refractivity contribution is 9.10. The average Bonchev–Trinajstić information content (AvgIpc) is 3.38. The van der Waals surface area contributed by atoms with E-state index in [0.717, 1.165) is 10.0 Å². The molecule has 35 heavy (non-hydrogen) atoms. The molecule has 1 N–H and O–H groups in total. The Morgan fingerprint density at radius 1 is 1.26 bits per heavy atom. The minimum atomic E-state index is -2.34. The number of carbonyl (C=O) groups is 2. The normalized spacial score (nSPS) is 14.6. The van der Waals surface area contributed by atoms with E-state index >= 15 is 0 Å². The van der Waals surface area contributed by atoms with E-state index in [4.69, 9.17) is 4.43 Å². The van der Waals surface area contributed by atoms with Crippen LogP contribution in [-0.4, -0.2) is 30.0 Å². The average molecular weight is 577 g/mol. The lowest BCUT2D eigenvalue weighted by Crippen LogP contribution is -2.45.